The van der Waals surface area contributed by atoms with Crippen LogP contribution in [-0.2, 0) is 18.2 Å². The van der Waals surface area contributed by atoms with E-state index in [4.69, 9.17) is 4.74 Å². The molecule has 2 heterocycles. The lowest BCUT2D eigenvalue weighted by atomic mass is 9.92. The largest absolute Gasteiger partial charge is 0.393 e. The first kappa shape index (κ1) is 11.6. The highest BCUT2D eigenvalue weighted by Crippen LogP contribution is 2.28. The van der Waals surface area contributed by atoms with Crippen molar-refractivity contribution < 1.29 is 9.84 Å². The molecule has 1 aliphatic heterocycles. The number of ether oxygens (including phenoxy) is 1. The summed E-state index contributed by atoms with van der Waals surface area (Å²) in [4.78, 5) is 0. The Morgan fingerprint density at radius 1 is 1.56 bits per heavy atom. The van der Waals surface area contributed by atoms with Gasteiger partial charge in [-0.3, -0.25) is 4.68 Å². The highest BCUT2D eigenvalue weighted by Gasteiger charge is 2.22. The lowest BCUT2D eigenvalue weighted by molar-refractivity contribution is 0.0841. The van der Waals surface area contributed by atoms with Gasteiger partial charge < -0.3 is 9.84 Å². The molecule has 4 heteroatoms. The molecule has 1 saturated heterocycles. The topological polar surface area (TPSA) is 47.3 Å². The van der Waals surface area contributed by atoms with Gasteiger partial charge in [0, 0.05) is 38.8 Å². The standard InChI is InChI=1S/C12H20N2O2/c1-9(15)7-11-8-14(2)13-12(11)10-3-5-16-6-4-10/h8-10,15H,3-7H2,1-2H3/t9-/m1/s1. The Morgan fingerprint density at radius 3 is 2.88 bits per heavy atom. The Hall–Kier alpha value is -0.870. The molecule has 0 radical (unpaired) electrons. The van der Waals surface area contributed by atoms with E-state index in [9.17, 15) is 5.11 Å². The quantitative estimate of drug-likeness (QED) is 0.840. The van der Waals surface area contributed by atoms with E-state index in [0.717, 1.165) is 31.7 Å². The first-order valence-electron chi connectivity index (χ1n) is 5.95. The van der Waals surface area contributed by atoms with Crippen LogP contribution >= 0.6 is 0 Å². The second-order valence-electron chi connectivity index (χ2n) is 4.65. The highest BCUT2D eigenvalue weighted by molar-refractivity contribution is 5.22. The van der Waals surface area contributed by atoms with Crippen LogP contribution in [0.3, 0.4) is 0 Å². The normalized spacial score (nSPS) is 19.9. The lowest BCUT2D eigenvalue weighted by Gasteiger charge is -2.21. The maximum absolute atomic E-state index is 9.48. The zero-order chi connectivity index (χ0) is 11.5. The average molecular weight is 224 g/mol. The molecule has 4 nitrogen and oxygen atoms in total. The third-order valence-corrected chi connectivity index (χ3v) is 3.06. The van der Waals surface area contributed by atoms with Crippen LogP contribution in [0.15, 0.2) is 6.20 Å². The fraction of sp³-hybridized carbons (Fsp3) is 0.750. The molecule has 1 atom stereocenters. The van der Waals surface area contributed by atoms with Gasteiger partial charge in [0.1, 0.15) is 0 Å². The Bertz CT molecular complexity index is 341. The summed E-state index contributed by atoms with van der Waals surface area (Å²) in [5.41, 5.74) is 2.34. The summed E-state index contributed by atoms with van der Waals surface area (Å²) in [5.74, 6) is 0.503. The van der Waals surface area contributed by atoms with Crippen molar-refractivity contribution in [2.45, 2.75) is 38.2 Å². The van der Waals surface area contributed by atoms with E-state index >= 15 is 0 Å². The van der Waals surface area contributed by atoms with Crippen molar-refractivity contribution in [2.24, 2.45) is 7.05 Å². The maximum Gasteiger partial charge on any atom is 0.0690 e. The van der Waals surface area contributed by atoms with Crippen LogP contribution in [0.2, 0.25) is 0 Å². The van der Waals surface area contributed by atoms with E-state index < -0.39 is 0 Å². The van der Waals surface area contributed by atoms with Gasteiger partial charge in [0.25, 0.3) is 0 Å². The molecule has 0 saturated carbocycles. The molecule has 1 N–H and O–H groups in total. The third-order valence-electron chi connectivity index (χ3n) is 3.06. The second kappa shape index (κ2) is 4.97. The maximum atomic E-state index is 9.48. The van der Waals surface area contributed by atoms with Crippen LogP contribution in [-0.4, -0.2) is 34.2 Å². The number of aliphatic hydroxyl groups is 1. The molecule has 0 aromatic carbocycles. The summed E-state index contributed by atoms with van der Waals surface area (Å²) in [7, 11) is 1.94. The van der Waals surface area contributed by atoms with E-state index in [0.29, 0.717) is 12.3 Å². The predicted octanol–water partition coefficient (Wildman–Crippen LogP) is 1.24. The first-order chi connectivity index (χ1) is 7.66. The SMILES string of the molecule is C[C@@H](O)Cc1cn(C)nc1C1CCOCC1. The Balaban J connectivity index is 2.17. The number of hydrogen-bond acceptors (Lipinski definition) is 3. The Labute approximate surface area is 96.2 Å². The summed E-state index contributed by atoms with van der Waals surface area (Å²) in [6.07, 6.45) is 4.51. The molecule has 0 unspecified atom stereocenters. The van der Waals surface area contributed by atoms with E-state index in [1.807, 2.05) is 24.9 Å². The van der Waals surface area contributed by atoms with E-state index in [1.54, 1.807) is 0 Å². The van der Waals surface area contributed by atoms with Gasteiger partial charge in [-0.2, -0.15) is 5.10 Å². The number of rotatable bonds is 3. The molecule has 0 bridgehead atoms. The van der Waals surface area contributed by atoms with Crippen LogP contribution in [0.1, 0.15) is 36.9 Å². The molecule has 0 spiro atoms. The molecule has 2 rings (SSSR count). The monoisotopic (exact) mass is 224 g/mol. The Kier molecular flexibility index (Phi) is 3.61. The van der Waals surface area contributed by atoms with Gasteiger partial charge in [-0.05, 0) is 25.3 Å². The van der Waals surface area contributed by atoms with Gasteiger partial charge in [-0.15, -0.1) is 0 Å². The van der Waals surface area contributed by atoms with Crippen LogP contribution in [0.5, 0.6) is 0 Å². The van der Waals surface area contributed by atoms with Crippen molar-refractivity contribution in [3.05, 3.63) is 17.5 Å². The minimum Gasteiger partial charge on any atom is -0.393 e. The van der Waals surface area contributed by atoms with Crippen molar-refractivity contribution in [3.8, 4) is 0 Å². The van der Waals surface area contributed by atoms with Crippen molar-refractivity contribution in [3.63, 3.8) is 0 Å². The number of aromatic nitrogens is 2. The zero-order valence-corrected chi connectivity index (χ0v) is 10.0. The summed E-state index contributed by atoms with van der Waals surface area (Å²) in [6, 6.07) is 0. The molecule has 1 aromatic rings. The van der Waals surface area contributed by atoms with Crippen molar-refractivity contribution in [1.29, 1.82) is 0 Å². The third kappa shape index (κ3) is 2.62. The minimum absolute atomic E-state index is 0.303. The van der Waals surface area contributed by atoms with Crippen LogP contribution in [0, 0.1) is 0 Å². The predicted molar refractivity (Wildman–Crippen MR) is 61.4 cm³/mol. The van der Waals surface area contributed by atoms with E-state index in [2.05, 4.69) is 5.10 Å². The van der Waals surface area contributed by atoms with Gasteiger partial charge >= 0.3 is 0 Å². The number of hydrogen-bond donors (Lipinski definition) is 1. The molecule has 1 aromatic heterocycles. The van der Waals surface area contributed by atoms with Gasteiger partial charge in [0.05, 0.1) is 11.8 Å². The molecule has 90 valence electrons. The van der Waals surface area contributed by atoms with Crippen LogP contribution < -0.4 is 0 Å². The lowest BCUT2D eigenvalue weighted by Crippen LogP contribution is -2.16. The molecule has 1 fully saturated rings. The van der Waals surface area contributed by atoms with E-state index in [1.165, 1.54) is 5.56 Å². The molecule has 16 heavy (non-hydrogen) atoms. The summed E-state index contributed by atoms with van der Waals surface area (Å²) >= 11 is 0. The molecular formula is C12H20N2O2. The van der Waals surface area contributed by atoms with Crippen molar-refractivity contribution in [1.82, 2.24) is 9.78 Å². The molecule has 1 aliphatic rings. The van der Waals surface area contributed by atoms with Gasteiger partial charge in [0.15, 0.2) is 0 Å². The van der Waals surface area contributed by atoms with Crippen LogP contribution in [0.4, 0.5) is 0 Å². The molecule has 0 amide bonds. The number of aliphatic hydroxyl groups excluding tert-OH is 1. The summed E-state index contributed by atoms with van der Waals surface area (Å²) in [5, 5.41) is 14.0. The fourth-order valence-electron chi connectivity index (χ4n) is 2.35. The highest BCUT2D eigenvalue weighted by atomic mass is 16.5. The Morgan fingerprint density at radius 2 is 2.25 bits per heavy atom. The summed E-state index contributed by atoms with van der Waals surface area (Å²) in [6.45, 7) is 3.48. The number of nitrogens with zero attached hydrogens (tertiary/aromatic N) is 2. The summed E-state index contributed by atoms with van der Waals surface area (Å²) < 4.78 is 7.21. The molecular weight excluding hydrogens is 204 g/mol. The van der Waals surface area contributed by atoms with Gasteiger partial charge in [-0.25, -0.2) is 0 Å². The average Bonchev–Trinajstić information content (AvgIpc) is 2.60. The van der Waals surface area contributed by atoms with Crippen molar-refractivity contribution in [2.75, 3.05) is 13.2 Å². The van der Waals surface area contributed by atoms with Gasteiger partial charge in [0.2, 0.25) is 0 Å². The fourth-order valence-corrected chi connectivity index (χ4v) is 2.35. The van der Waals surface area contributed by atoms with Gasteiger partial charge in [-0.1, -0.05) is 0 Å². The molecule has 0 aliphatic carbocycles. The minimum atomic E-state index is -0.303. The number of aryl methyl sites for hydroxylation is 1. The first-order valence-corrected chi connectivity index (χ1v) is 5.95. The zero-order valence-electron chi connectivity index (χ0n) is 10.0. The van der Waals surface area contributed by atoms with Crippen LogP contribution in [0.25, 0.3) is 0 Å². The second-order valence-corrected chi connectivity index (χ2v) is 4.65. The van der Waals surface area contributed by atoms with Crippen molar-refractivity contribution >= 4 is 0 Å². The van der Waals surface area contributed by atoms with E-state index in [-0.39, 0.29) is 6.10 Å². The smallest absolute Gasteiger partial charge is 0.0690 e.